The maximum atomic E-state index is 5.86. The van der Waals surface area contributed by atoms with Gasteiger partial charge in [-0.15, -0.1) is 11.3 Å². The molecule has 1 rings (SSSR count). The Bertz CT molecular complexity index is 379. The Morgan fingerprint density at radius 1 is 1.33 bits per heavy atom. The SMILES string of the molecule is CCC(C)N(CC)c1nc(C(C)(C)C)c(CN)s1. The summed E-state index contributed by atoms with van der Waals surface area (Å²) in [5.74, 6) is 0. The third kappa shape index (κ3) is 3.23. The Morgan fingerprint density at radius 3 is 2.28 bits per heavy atom. The van der Waals surface area contributed by atoms with Crippen LogP contribution < -0.4 is 10.6 Å². The molecule has 104 valence electrons. The normalized spacial score (nSPS) is 13.7. The molecule has 2 N–H and O–H groups in total. The van der Waals surface area contributed by atoms with Crippen molar-refractivity contribution in [2.75, 3.05) is 11.4 Å². The Hall–Kier alpha value is -0.610. The molecule has 0 spiro atoms. The predicted molar refractivity (Wildman–Crippen MR) is 81.5 cm³/mol. The molecular formula is C14H27N3S. The minimum atomic E-state index is 0.0678. The molecule has 1 aromatic rings. The van der Waals surface area contributed by atoms with Crippen LogP contribution in [-0.4, -0.2) is 17.6 Å². The molecule has 0 aliphatic heterocycles. The molecule has 4 heteroatoms. The quantitative estimate of drug-likeness (QED) is 0.889. The molecule has 0 saturated carbocycles. The maximum absolute atomic E-state index is 5.86. The summed E-state index contributed by atoms with van der Waals surface area (Å²) in [4.78, 5) is 8.45. The first-order valence-electron chi connectivity index (χ1n) is 6.82. The molecule has 1 heterocycles. The topological polar surface area (TPSA) is 42.2 Å². The van der Waals surface area contributed by atoms with Crippen LogP contribution in [0.2, 0.25) is 0 Å². The van der Waals surface area contributed by atoms with Gasteiger partial charge in [0.15, 0.2) is 5.13 Å². The van der Waals surface area contributed by atoms with E-state index in [1.807, 2.05) is 0 Å². The molecule has 0 aliphatic rings. The van der Waals surface area contributed by atoms with Gasteiger partial charge in [0.1, 0.15) is 0 Å². The van der Waals surface area contributed by atoms with E-state index in [2.05, 4.69) is 46.4 Å². The van der Waals surface area contributed by atoms with Crippen LogP contribution in [0.15, 0.2) is 0 Å². The van der Waals surface area contributed by atoms with Crippen molar-refractivity contribution >= 4 is 16.5 Å². The first-order chi connectivity index (χ1) is 8.35. The lowest BCUT2D eigenvalue weighted by molar-refractivity contribution is 0.562. The number of nitrogens with two attached hydrogens (primary N) is 1. The first-order valence-corrected chi connectivity index (χ1v) is 7.63. The highest BCUT2D eigenvalue weighted by molar-refractivity contribution is 7.15. The molecular weight excluding hydrogens is 242 g/mol. The van der Waals surface area contributed by atoms with Crippen LogP contribution in [0.5, 0.6) is 0 Å². The van der Waals surface area contributed by atoms with Gasteiger partial charge in [-0.3, -0.25) is 0 Å². The second kappa shape index (κ2) is 6.02. The number of aromatic nitrogens is 1. The third-order valence-electron chi connectivity index (χ3n) is 3.29. The zero-order valence-electron chi connectivity index (χ0n) is 12.6. The number of anilines is 1. The number of rotatable bonds is 5. The lowest BCUT2D eigenvalue weighted by Crippen LogP contribution is -2.32. The molecule has 1 atom stereocenters. The number of nitrogens with zero attached hydrogens (tertiary/aromatic N) is 2. The van der Waals surface area contributed by atoms with Crippen LogP contribution in [0.25, 0.3) is 0 Å². The van der Waals surface area contributed by atoms with Gasteiger partial charge in [-0.1, -0.05) is 27.7 Å². The number of hydrogen-bond donors (Lipinski definition) is 1. The van der Waals surface area contributed by atoms with Crippen molar-refractivity contribution in [3.63, 3.8) is 0 Å². The Balaban J connectivity index is 3.15. The van der Waals surface area contributed by atoms with E-state index in [0.717, 1.165) is 23.8 Å². The van der Waals surface area contributed by atoms with Crippen molar-refractivity contribution in [2.45, 2.75) is 66.0 Å². The van der Waals surface area contributed by atoms with E-state index in [1.54, 1.807) is 11.3 Å². The van der Waals surface area contributed by atoms with E-state index in [-0.39, 0.29) is 5.41 Å². The molecule has 0 amide bonds. The van der Waals surface area contributed by atoms with Crippen molar-refractivity contribution in [1.29, 1.82) is 0 Å². The average Bonchev–Trinajstić information content (AvgIpc) is 2.73. The Labute approximate surface area is 115 Å². The molecule has 0 bridgehead atoms. The van der Waals surface area contributed by atoms with Gasteiger partial charge in [0, 0.05) is 29.4 Å². The van der Waals surface area contributed by atoms with Crippen molar-refractivity contribution in [2.24, 2.45) is 5.73 Å². The van der Waals surface area contributed by atoms with E-state index in [9.17, 15) is 0 Å². The fourth-order valence-electron chi connectivity index (χ4n) is 2.04. The second-order valence-electron chi connectivity index (χ2n) is 5.77. The van der Waals surface area contributed by atoms with Crippen LogP contribution in [0, 0.1) is 0 Å². The standard InChI is InChI=1S/C14H27N3S/c1-7-10(3)17(8-2)13-16-12(14(4,5)6)11(9-15)18-13/h10H,7-9,15H2,1-6H3. The monoisotopic (exact) mass is 269 g/mol. The Kier molecular flexibility index (Phi) is 5.17. The summed E-state index contributed by atoms with van der Waals surface area (Å²) in [6.07, 6.45) is 1.14. The molecule has 3 nitrogen and oxygen atoms in total. The average molecular weight is 269 g/mol. The summed E-state index contributed by atoms with van der Waals surface area (Å²) in [7, 11) is 0. The van der Waals surface area contributed by atoms with Crippen LogP contribution in [0.4, 0.5) is 5.13 Å². The van der Waals surface area contributed by atoms with Crippen LogP contribution in [0.3, 0.4) is 0 Å². The zero-order valence-corrected chi connectivity index (χ0v) is 13.4. The van der Waals surface area contributed by atoms with Gasteiger partial charge in [-0.25, -0.2) is 4.98 Å². The molecule has 18 heavy (non-hydrogen) atoms. The smallest absolute Gasteiger partial charge is 0.186 e. The van der Waals surface area contributed by atoms with Crippen LogP contribution in [0.1, 0.15) is 58.5 Å². The van der Waals surface area contributed by atoms with Crippen molar-refractivity contribution in [1.82, 2.24) is 4.98 Å². The molecule has 1 unspecified atom stereocenters. The fraction of sp³-hybridized carbons (Fsp3) is 0.786. The first kappa shape index (κ1) is 15.4. The van der Waals surface area contributed by atoms with E-state index < -0.39 is 0 Å². The van der Waals surface area contributed by atoms with Crippen LogP contribution >= 0.6 is 11.3 Å². The largest absolute Gasteiger partial charge is 0.346 e. The van der Waals surface area contributed by atoms with Gasteiger partial charge in [0.05, 0.1) is 5.69 Å². The van der Waals surface area contributed by atoms with E-state index >= 15 is 0 Å². The minimum absolute atomic E-state index is 0.0678. The van der Waals surface area contributed by atoms with Gasteiger partial charge < -0.3 is 10.6 Å². The van der Waals surface area contributed by atoms with E-state index in [0.29, 0.717) is 12.6 Å². The van der Waals surface area contributed by atoms with E-state index in [4.69, 9.17) is 10.7 Å². The summed E-state index contributed by atoms with van der Waals surface area (Å²) in [5, 5.41) is 1.12. The molecule has 1 aromatic heterocycles. The van der Waals surface area contributed by atoms with Crippen molar-refractivity contribution in [3.05, 3.63) is 10.6 Å². The minimum Gasteiger partial charge on any atom is -0.346 e. The highest BCUT2D eigenvalue weighted by Gasteiger charge is 2.25. The van der Waals surface area contributed by atoms with E-state index in [1.165, 1.54) is 4.88 Å². The maximum Gasteiger partial charge on any atom is 0.186 e. The Morgan fingerprint density at radius 2 is 1.94 bits per heavy atom. The van der Waals surface area contributed by atoms with Gasteiger partial charge in [0.25, 0.3) is 0 Å². The van der Waals surface area contributed by atoms with Gasteiger partial charge >= 0.3 is 0 Å². The number of hydrogen-bond acceptors (Lipinski definition) is 4. The van der Waals surface area contributed by atoms with Crippen molar-refractivity contribution < 1.29 is 0 Å². The fourth-order valence-corrected chi connectivity index (χ4v) is 3.36. The molecule has 0 aliphatic carbocycles. The number of thiazole rings is 1. The summed E-state index contributed by atoms with van der Waals surface area (Å²) in [5.41, 5.74) is 7.09. The van der Waals surface area contributed by atoms with Gasteiger partial charge in [-0.2, -0.15) is 0 Å². The van der Waals surface area contributed by atoms with Gasteiger partial charge in [0.2, 0.25) is 0 Å². The molecule has 0 aromatic carbocycles. The lowest BCUT2D eigenvalue weighted by Gasteiger charge is -2.26. The summed E-state index contributed by atoms with van der Waals surface area (Å²) in [6.45, 7) is 14.8. The molecule has 0 saturated heterocycles. The second-order valence-corrected chi connectivity index (χ2v) is 6.83. The highest BCUT2D eigenvalue weighted by Crippen LogP contribution is 2.34. The summed E-state index contributed by atoms with van der Waals surface area (Å²) >= 11 is 1.75. The summed E-state index contributed by atoms with van der Waals surface area (Å²) < 4.78 is 0. The highest BCUT2D eigenvalue weighted by atomic mass is 32.1. The van der Waals surface area contributed by atoms with Crippen LogP contribution in [-0.2, 0) is 12.0 Å². The lowest BCUT2D eigenvalue weighted by atomic mass is 9.91. The van der Waals surface area contributed by atoms with Gasteiger partial charge in [-0.05, 0) is 20.3 Å². The molecule has 0 fully saturated rings. The zero-order chi connectivity index (χ0) is 13.9. The van der Waals surface area contributed by atoms with Crippen molar-refractivity contribution in [3.8, 4) is 0 Å². The molecule has 0 radical (unpaired) electrons. The summed E-state index contributed by atoms with van der Waals surface area (Å²) in [6, 6.07) is 0.527. The third-order valence-corrected chi connectivity index (χ3v) is 4.41. The predicted octanol–water partition coefficient (Wildman–Crippen LogP) is 3.52.